The first kappa shape index (κ1) is 19.5. The van der Waals surface area contributed by atoms with Crippen LogP contribution in [0.15, 0.2) is 48.5 Å². The van der Waals surface area contributed by atoms with Crippen LogP contribution in [0.4, 0.5) is 0 Å². The molecular weight excluding hydrogens is 332 g/mol. The van der Waals surface area contributed by atoms with Crippen molar-refractivity contribution < 1.29 is 19.4 Å². The van der Waals surface area contributed by atoms with Gasteiger partial charge in [-0.15, -0.1) is 0 Å². The van der Waals surface area contributed by atoms with Crippen molar-refractivity contribution in [3.8, 4) is 16.9 Å². The van der Waals surface area contributed by atoms with Crippen LogP contribution in [0.5, 0.6) is 5.75 Å². The predicted octanol–water partition coefficient (Wildman–Crippen LogP) is 2.11. The Morgan fingerprint density at radius 2 is 1.77 bits per heavy atom. The maximum absolute atomic E-state index is 12.3. The quantitative estimate of drug-likeness (QED) is 0.707. The monoisotopic (exact) mass is 356 g/mol. The largest absolute Gasteiger partial charge is 0.480 e. The minimum atomic E-state index is -0.748. The first-order valence-corrected chi connectivity index (χ1v) is 8.32. The number of ether oxygens (including phenoxy) is 1. The van der Waals surface area contributed by atoms with E-state index in [1.807, 2.05) is 18.2 Å². The zero-order valence-corrected chi connectivity index (χ0v) is 15.2. The molecule has 0 spiro atoms. The van der Waals surface area contributed by atoms with E-state index in [1.54, 1.807) is 51.1 Å². The number of carbonyl (C=O) groups excluding carboxylic acids is 2. The fraction of sp³-hybridized carbons (Fsp3) is 0.300. The second kappa shape index (κ2) is 8.01. The number of nitrogens with two attached hydrogens (primary N) is 1. The van der Waals surface area contributed by atoms with Crippen molar-refractivity contribution in [2.45, 2.75) is 32.4 Å². The van der Waals surface area contributed by atoms with Crippen molar-refractivity contribution in [2.24, 2.45) is 5.73 Å². The summed E-state index contributed by atoms with van der Waals surface area (Å²) >= 11 is 0. The van der Waals surface area contributed by atoms with Crippen LogP contribution in [0.2, 0.25) is 0 Å². The fourth-order valence-electron chi connectivity index (χ4n) is 2.28. The molecule has 6 heteroatoms. The lowest BCUT2D eigenvalue weighted by molar-refractivity contribution is -0.123. The van der Waals surface area contributed by atoms with Crippen molar-refractivity contribution >= 4 is 11.8 Å². The highest BCUT2D eigenvalue weighted by atomic mass is 16.5. The van der Waals surface area contributed by atoms with Gasteiger partial charge < -0.3 is 20.9 Å². The number of para-hydroxylation sites is 1. The Hall–Kier alpha value is -2.86. The second-order valence-corrected chi connectivity index (χ2v) is 6.73. The van der Waals surface area contributed by atoms with Crippen LogP contribution in [-0.2, 0) is 4.79 Å². The SMILES string of the molecule is C[C@H](Oc1ccccc1-c1ccc(C(=O)NC(C)(C)CO)cc1)C(N)=O. The van der Waals surface area contributed by atoms with Gasteiger partial charge >= 0.3 is 0 Å². The Morgan fingerprint density at radius 3 is 2.35 bits per heavy atom. The standard InChI is InChI=1S/C20H24N2O4/c1-13(18(21)24)26-17-7-5-4-6-16(17)14-8-10-15(11-9-14)19(25)22-20(2,3)12-23/h4-11,13,23H,12H2,1-3H3,(H2,21,24)(H,22,25)/t13-/m0/s1. The van der Waals surface area contributed by atoms with Crippen LogP contribution in [0.1, 0.15) is 31.1 Å². The molecule has 0 bridgehead atoms. The maximum Gasteiger partial charge on any atom is 0.258 e. The molecule has 0 aliphatic rings. The average molecular weight is 356 g/mol. The summed E-state index contributed by atoms with van der Waals surface area (Å²) in [6.45, 7) is 4.93. The topological polar surface area (TPSA) is 102 Å². The highest BCUT2D eigenvalue weighted by molar-refractivity contribution is 5.95. The van der Waals surface area contributed by atoms with Crippen LogP contribution in [0.25, 0.3) is 11.1 Å². The van der Waals surface area contributed by atoms with E-state index in [0.29, 0.717) is 11.3 Å². The molecule has 2 amide bonds. The van der Waals surface area contributed by atoms with E-state index in [1.165, 1.54) is 0 Å². The van der Waals surface area contributed by atoms with E-state index in [2.05, 4.69) is 5.32 Å². The molecule has 0 aromatic heterocycles. The lowest BCUT2D eigenvalue weighted by atomic mass is 10.0. The van der Waals surface area contributed by atoms with Crippen molar-refractivity contribution in [1.82, 2.24) is 5.32 Å². The van der Waals surface area contributed by atoms with Gasteiger partial charge in [0, 0.05) is 11.1 Å². The average Bonchev–Trinajstić information content (AvgIpc) is 2.62. The van der Waals surface area contributed by atoms with Crippen LogP contribution >= 0.6 is 0 Å². The lowest BCUT2D eigenvalue weighted by Crippen LogP contribution is -2.46. The summed E-state index contributed by atoms with van der Waals surface area (Å²) in [5.41, 5.74) is 6.69. The van der Waals surface area contributed by atoms with Gasteiger partial charge in [0.2, 0.25) is 0 Å². The van der Waals surface area contributed by atoms with E-state index in [9.17, 15) is 14.7 Å². The molecule has 2 rings (SSSR count). The molecule has 0 aliphatic heterocycles. The number of benzene rings is 2. The number of hydrogen-bond donors (Lipinski definition) is 3. The molecule has 0 saturated heterocycles. The third-order valence-electron chi connectivity index (χ3n) is 3.90. The van der Waals surface area contributed by atoms with Gasteiger partial charge in [-0.25, -0.2) is 0 Å². The number of aliphatic hydroxyl groups excluding tert-OH is 1. The van der Waals surface area contributed by atoms with Crippen molar-refractivity contribution in [1.29, 1.82) is 0 Å². The summed E-state index contributed by atoms with van der Waals surface area (Å²) in [6.07, 6.45) is -0.748. The van der Waals surface area contributed by atoms with Crippen LogP contribution < -0.4 is 15.8 Å². The summed E-state index contributed by atoms with van der Waals surface area (Å²) in [6, 6.07) is 14.3. The molecule has 2 aromatic carbocycles. The molecule has 2 aromatic rings. The van der Waals surface area contributed by atoms with Crippen molar-refractivity contribution in [3.05, 3.63) is 54.1 Å². The molecule has 0 aliphatic carbocycles. The third-order valence-corrected chi connectivity index (χ3v) is 3.90. The number of carbonyl (C=O) groups is 2. The summed E-state index contributed by atoms with van der Waals surface area (Å²) in [4.78, 5) is 23.5. The number of hydrogen-bond acceptors (Lipinski definition) is 4. The van der Waals surface area contributed by atoms with Crippen LogP contribution in [0.3, 0.4) is 0 Å². The van der Waals surface area contributed by atoms with E-state index < -0.39 is 17.6 Å². The maximum atomic E-state index is 12.3. The number of aliphatic hydroxyl groups is 1. The summed E-state index contributed by atoms with van der Waals surface area (Å²) in [5.74, 6) is -0.266. The van der Waals surface area contributed by atoms with Gasteiger partial charge in [0.25, 0.3) is 11.8 Å². The highest BCUT2D eigenvalue weighted by Gasteiger charge is 2.20. The van der Waals surface area contributed by atoms with Gasteiger partial charge in [0.15, 0.2) is 6.10 Å². The number of primary amides is 1. The highest BCUT2D eigenvalue weighted by Crippen LogP contribution is 2.30. The Bertz CT molecular complexity index is 785. The molecule has 1 atom stereocenters. The molecule has 6 nitrogen and oxygen atoms in total. The fourth-order valence-corrected chi connectivity index (χ4v) is 2.28. The van der Waals surface area contributed by atoms with E-state index in [0.717, 1.165) is 11.1 Å². The normalized spacial score (nSPS) is 12.3. The molecule has 138 valence electrons. The molecule has 0 saturated carbocycles. The molecule has 0 unspecified atom stereocenters. The van der Waals surface area contributed by atoms with Crippen molar-refractivity contribution in [2.75, 3.05) is 6.61 Å². The molecule has 0 radical (unpaired) electrons. The van der Waals surface area contributed by atoms with E-state index in [-0.39, 0.29) is 12.5 Å². The van der Waals surface area contributed by atoms with Gasteiger partial charge in [-0.05, 0) is 44.5 Å². The Kier molecular flexibility index (Phi) is 6.00. The van der Waals surface area contributed by atoms with Crippen LogP contribution in [0, 0.1) is 0 Å². The minimum Gasteiger partial charge on any atom is -0.480 e. The van der Waals surface area contributed by atoms with Crippen LogP contribution in [-0.4, -0.2) is 35.2 Å². The number of rotatable bonds is 7. The van der Waals surface area contributed by atoms with Gasteiger partial charge in [-0.3, -0.25) is 9.59 Å². The third kappa shape index (κ3) is 4.83. The second-order valence-electron chi connectivity index (χ2n) is 6.73. The first-order chi connectivity index (χ1) is 12.2. The van der Waals surface area contributed by atoms with Crippen molar-refractivity contribution in [3.63, 3.8) is 0 Å². The number of nitrogens with one attached hydrogen (secondary N) is 1. The van der Waals surface area contributed by atoms with Gasteiger partial charge in [0.05, 0.1) is 12.1 Å². The zero-order chi connectivity index (χ0) is 19.3. The van der Waals surface area contributed by atoms with E-state index in [4.69, 9.17) is 10.5 Å². The Morgan fingerprint density at radius 1 is 1.15 bits per heavy atom. The lowest BCUT2D eigenvalue weighted by Gasteiger charge is -2.23. The zero-order valence-electron chi connectivity index (χ0n) is 15.2. The first-order valence-electron chi connectivity index (χ1n) is 8.32. The van der Waals surface area contributed by atoms with Gasteiger partial charge in [0.1, 0.15) is 5.75 Å². The van der Waals surface area contributed by atoms with E-state index >= 15 is 0 Å². The molecule has 0 heterocycles. The molecule has 0 fully saturated rings. The molecule has 26 heavy (non-hydrogen) atoms. The smallest absolute Gasteiger partial charge is 0.258 e. The Balaban J connectivity index is 2.24. The molecule has 4 N–H and O–H groups in total. The minimum absolute atomic E-state index is 0.153. The number of amides is 2. The molecular formula is C20H24N2O4. The van der Waals surface area contributed by atoms with Gasteiger partial charge in [-0.1, -0.05) is 30.3 Å². The Labute approximate surface area is 153 Å². The summed E-state index contributed by atoms with van der Waals surface area (Å²) < 4.78 is 5.64. The summed E-state index contributed by atoms with van der Waals surface area (Å²) in [5, 5.41) is 12.0. The predicted molar refractivity (Wildman–Crippen MR) is 99.8 cm³/mol. The van der Waals surface area contributed by atoms with Gasteiger partial charge in [-0.2, -0.15) is 0 Å². The summed E-state index contributed by atoms with van der Waals surface area (Å²) in [7, 11) is 0.